The molecule has 32 heavy (non-hydrogen) atoms. The predicted molar refractivity (Wildman–Crippen MR) is 121 cm³/mol. The van der Waals surface area contributed by atoms with Gasteiger partial charge in [0.15, 0.2) is 0 Å². The van der Waals surface area contributed by atoms with Crippen molar-refractivity contribution in [2.24, 2.45) is 7.05 Å². The standard InChI is InChI=1S/C24H24N6O2/c1-16-20(17(2)29(3)27-16)14-22(31)25-26-24(32)21-15-30(19-12-8-5-9-13-19)28-23(21)18-10-6-4-7-11-18/h4-13,15H,14H2,1-3H3,(H,25,31)(H,26,32). The average molecular weight is 428 g/mol. The molecule has 0 fully saturated rings. The van der Waals surface area contributed by atoms with Crippen molar-refractivity contribution < 1.29 is 9.59 Å². The normalized spacial score (nSPS) is 10.7. The number of carbonyl (C=O) groups excluding carboxylic acids is 2. The summed E-state index contributed by atoms with van der Waals surface area (Å²) in [4.78, 5) is 25.4. The molecule has 162 valence electrons. The van der Waals surface area contributed by atoms with Crippen LogP contribution < -0.4 is 10.9 Å². The Kier molecular flexibility index (Phi) is 5.85. The van der Waals surface area contributed by atoms with Crippen LogP contribution >= 0.6 is 0 Å². The first-order valence-corrected chi connectivity index (χ1v) is 10.2. The summed E-state index contributed by atoms with van der Waals surface area (Å²) in [6.45, 7) is 3.77. The molecule has 2 amide bonds. The fourth-order valence-electron chi connectivity index (χ4n) is 3.53. The van der Waals surface area contributed by atoms with Crippen molar-refractivity contribution in [1.29, 1.82) is 0 Å². The maximum atomic E-state index is 13.0. The Morgan fingerprint density at radius 1 is 0.906 bits per heavy atom. The van der Waals surface area contributed by atoms with Gasteiger partial charge in [0.25, 0.3) is 5.91 Å². The molecule has 0 saturated carbocycles. The van der Waals surface area contributed by atoms with Crippen LogP contribution in [0, 0.1) is 13.8 Å². The van der Waals surface area contributed by atoms with Crippen LogP contribution in [0.25, 0.3) is 16.9 Å². The van der Waals surface area contributed by atoms with Crippen LogP contribution in [0.1, 0.15) is 27.3 Å². The number of aromatic nitrogens is 4. The van der Waals surface area contributed by atoms with E-state index in [1.165, 1.54) is 0 Å². The fraction of sp³-hybridized carbons (Fsp3) is 0.167. The lowest BCUT2D eigenvalue weighted by Crippen LogP contribution is -2.42. The molecular formula is C24H24N6O2. The third-order valence-corrected chi connectivity index (χ3v) is 5.34. The number of nitrogens with one attached hydrogen (secondary N) is 2. The summed E-state index contributed by atoms with van der Waals surface area (Å²) in [5, 5.41) is 8.95. The van der Waals surface area contributed by atoms with E-state index in [1.807, 2.05) is 81.6 Å². The summed E-state index contributed by atoms with van der Waals surface area (Å²) in [6, 6.07) is 19.0. The van der Waals surface area contributed by atoms with Crippen molar-refractivity contribution in [1.82, 2.24) is 30.4 Å². The number of rotatable bonds is 5. The van der Waals surface area contributed by atoms with Crippen LogP contribution in [-0.4, -0.2) is 31.4 Å². The Morgan fingerprint density at radius 2 is 1.56 bits per heavy atom. The molecule has 0 unspecified atom stereocenters. The Hall–Kier alpha value is -4.20. The number of carbonyl (C=O) groups is 2. The van der Waals surface area contributed by atoms with Gasteiger partial charge in [0, 0.05) is 30.1 Å². The molecule has 2 N–H and O–H groups in total. The first-order chi connectivity index (χ1) is 15.4. The molecule has 0 atom stereocenters. The number of para-hydroxylation sites is 1. The molecule has 8 heteroatoms. The van der Waals surface area contributed by atoms with Crippen molar-refractivity contribution in [2.75, 3.05) is 0 Å². The minimum absolute atomic E-state index is 0.126. The zero-order valence-corrected chi connectivity index (χ0v) is 18.2. The highest BCUT2D eigenvalue weighted by Gasteiger charge is 2.20. The number of hydrazine groups is 1. The summed E-state index contributed by atoms with van der Waals surface area (Å²) in [5.41, 5.74) is 10.1. The van der Waals surface area contributed by atoms with Crippen LogP contribution in [0.4, 0.5) is 0 Å². The number of aryl methyl sites for hydroxylation is 2. The number of nitrogens with zero attached hydrogens (tertiary/aromatic N) is 4. The summed E-state index contributed by atoms with van der Waals surface area (Å²) >= 11 is 0. The highest BCUT2D eigenvalue weighted by molar-refractivity contribution is 6.00. The van der Waals surface area contributed by atoms with Crippen LogP contribution in [0.5, 0.6) is 0 Å². The van der Waals surface area contributed by atoms with Gasteiger partial charge < -0.3 is 0 Å². The monoisotopic (exact) mass is 428 g/mol. The molecule has 0 spiro atoms. The SMILES string of the molecule is Cc1nn(C)c(C)c1CC(=O)NNC(=O)c1cn(-c2ccccc2)nc1-c1ccccc1. The zero-order valence-electron chi connectivity index (χ0n) is 18.2. The van der Waals surface area contributed by atoms with E-state index >= 15 is 0 Å². The Labute approximate surface area is 185 Å². The van der Waals surface area contributed by atoms with Crippen molar-refractivity contribution in [2.45, 2.75) is 20.3 Å². The van der Waals surface area contributed by atoms with Gasteiger partial charge in [-0.2, -0.15) is 10.2 Å². The second-order valence-electron chi connectivity index (χ2n) is 7.49. The van der Waals surface area contributed by atoms with Gasteiger partial charge in [-0.25, -0.2) is 4.68 Å². The van der Waals surface area contributed by atoms with E-state index in [0.717, 1.165) is 28.2 Å². The number of benzene rings is 2. The Balaban J connectivity index is 1.55. The Bertz CT molecular complexity index is 1260. The molecule has 0 aliphatic carbocycles. The van der Waals surface area contributed by atoms with E-state index in [-0.39, 0.29) is 12.3 Å². The molecule has 0 radical (unpaired) electrons. The molecule has 0 aliphatic heterocycles. The minimum Gasteiger partial charge on any atom is -0.273 e. The highest BCUT2D eigenvalue weighted by Crippen LogP contribution is 2.23. The lowest BCUT2D eigenvalue weighted by atomic mass is 10.1. The van der Waals surface area contributed by atoms with Gasteiger partial charge >= 0.3 is 0 Å². The maximum Gasteiger partial charge on any atom is 0.273 e. The second-order valence-corrected chi connectivity index (χ2v) is 7.49. The second kappa shape index (κ2) is 8.89. The molecule has 0 bridgehead atoms. The third-order valence-electron chi connectivity index (χ3n) is 5.34. The van der Waals surface area contributed by atoms with Gasteiger partial charge in [-0.15, -0.1) is 0 Å². The lowest BCUT2D eigenvalue weighted by Gasteiger charge is -2.08. The largest absolute Gasteiger partial charge is 0.273 e. The summed E-state index contributed by atoms with van der Waals surface area (Å²) in [6.07, 6.45) is 1.79. The van der Waals surface area contributed by atoms with Gasteiger partial charge in [0.2, 0.25) is 5.91 Å². The van der Waals surface area contributed by atoms with E-state index in [4.69, 9.17) is 0 Å². The van der Waals surface area contributed by atoms with Gasteiger partial charge in [-0.1, -0.05) is 48.5 Å². The topological polar surface area (TPSA) is 93.8 Å². The summed E-state index contributed by atoms with van der Waals surface area (Å²) in [5.74, 6) is -0.770. The molecule has 4 rings (SSSR count). The first kappa shape index (κ1) is 21.0. The van der Waals surface area contributed by atoms with Crippen molar-refractivity contribution in [3.8, 4) is 16.9 Å². The number of amides is 2. The molecule has 4 aromatic rings. The van der Waals surface area contributed by atoms with Crippen molar-refractivity contribution in [3.05, 3.63) is 89.4 Å². The van der Waals surface area contributed by atoms with E-state index in [2.05, 4.69) is 21.0 Å². The van der Waals surface area contributed by atoms with Gasteiger partial charge in [0.1, 0.15) is 5.69 Å². The summed E-state index contributed by atoms with van der Waals surface area (Å²) < 4.78 is 3.39. The zero-order chi connectivity index (χ0) is 22.7. The minimum atomic E-state index is -0.445. The van der Waals surface area contributed by atoms with E-state index in [9.17, 15) is 9.59 Å². The van der Waals surface area contributed by atoms with Crippen LogP contribution in [0.15, 0.2) is 66.9 Å². The van der Waals surface area contributed by atoms with Crippen LogP contribution in [-0.2, 0) is 18.3 Å². The van der Waals surface area contributed by atoms with Crippen LogP contribution in [0.2, 0.25) is 0 Å². The van der Waals surface area contributed by atoms with Gasteiger partial charge in [-0.3, -0.25) is 25.1 Å². The third kappa shape index (κ3) is 4.29. The van der Waals surface area contributed by atoms with Crippen molar-refractivity contribution in [3.63, 3.8) is 0 Å². The first-order valence-electron chi connectivity index (χ1n) is 10.2. The number of hydrogen-bond acceptors (Lipinski definition) is 4. The predicted octanol–water partition coefficient (Wildman–Crippen LogP) is 2.89. The van der Waals surface area contributed by atoms with Crippen molar-refractivity contribution >= 4 is 11.8 Å². The summed E-state index contributed by atoms with van der Waals surface area (Å²) in [7, 11) is 1.83. The van der Waals surface area contributed by atoms with Gasteiger partial charge in [0.05, 0.1) is 23.4 Å². The average Bonchev–Trinajstić information content (AvgIpc) is 3.36. The van der Waals surface area contributed by atoms with Gasteiger partial charge in [-0.05, 0) is 26.0 Å². The molecule has 2 heterocycles. The fourth-order valence-corrected chi connectivity index (χ4v) is 3.53. The molecule has 2 aromatic carbocycles. The molecule has 0 aliphatic rings. The van der Waals surface area contributed by atoms with Crippen LogP contribution in [0.3, 0.4) is 0 Å². The number of hydrogen-bond donors (Lipinski definition) is 2. The van der Waals surface area contributed by atoms with E-state index < -0.39 is 5.91 Å². The quantitative estimate of drug-likeness (QED) is 0.478. The highest BCUT2D eigenvalue weighted by atomic mass is 16.2. The molecule has 2 aromatic heterocycles. The molecule has 0 saturated heterocycles. The lowest BCUT2D eigenvalue weighted by molar-refractivity contribution is -0.121. The molecule has 8 nitrogen and oxygen atoms in total. The smallest absolute Gasteiger partial charge is 0.273 e. The maximum absolute atomic E-state index is 13.0. The van der Waals surface area contributed by atoms with E-state index in [0.29, 0.717) is 11.3 Å². The Morgan fingerprint density at radius 3 is 2.19 bits per heavy atom. The molecular weight excluding hydrogens is 404 g/mol. The van der Waals surface area contributed by atoms with E-state index in [1.54, 1.807) is 15.6 Å².